The number of hydrogen-bond acceptors (Lipinski definition) is 4. The van der Waals surface area contributed by atoms with E-state index >= 15 is 0 Å². The van der Waals surface area contributed by atoms with Crippen LogP contribution in [0.4, 0.5) is 11.4 Å². The van der Waals surface area contributed by atoms with Crippen molar-refractivity contribution in [3.8, 4) is 11.1 Å². The Kier molecular flexibility index (Phi) is 10.2. The van der Waals surface area contributed by atoms with Crippen LogP contribution in [0.3, 0.4) is 0 Å². The fourth-order valence-electron chi connectivity index (χ4n) is 5.35. The smallest absolute Gasteiger partial charge is 0.255 e. The van der Waals surface area contributed by atoms with Crippen LogP contribution in [0.15, 0.2) is 133 Å². The SMILES string of the molecule is CC(NC(=O)C(Cc1ccc(C(=O)Nc2cccc(-c3ccccc3)c2N)cc1)C(=O)NC(C)c1ccccc1)c1ccccc1. The van der Waals surface area contributed by atoms with Gasteiger partial charge >= 0.3 is 0 Å². The van der Waals surface area contributed by atoms with Gasteiger partial charge in [0.1, 0.15) is 5.92 Å². The molecule has 5 N–H and O–H groups in total. The predicted octanol–water partition coefficient (Wildman–Crippen LogP) is 7.10. The van der Waals surface area contributed by atoms with Crippen LogP contribution < -0.4 is 21.7 Å². The molecule has 2 unspecified atom stereocenters. The third-order valence-electron chi connectivity index (χ3n) is 8.04. The van der Waals surface area contributed by atoms with Gasteiger partial charge in [0, 0.05) is 11.1 Å². The average Bonchev–Trinajstić information content (AvgIpc) is 3.09. The first-order valence-electron chi connectivity index (χ1n) is 15.3. The Labute approximate surface area is 269 Å². The average molecular weight is 611 g/mol. The number of benzene rings is 5. The molecular weight excluding hydrogens is 572 g/mol. The minimum atomic E-state index is -0.988. The van der Waals surface area contributed by atoms with Crippen molar-refractivity contribution in [3.05, 3.63) is 156 Å². The van der Waals surface area contributed by atoms with E-state index < -0.39 is 5.92 Å². The first-order chi connectivity index (χ1) is 22.3. The van der Waals surface area contributed by atoms with Crippen LogP contribution in [-0.4, -0.2) is 17.7 Å². The highest BCUT2D eigenvalue weighted by molar-refractivity contribution is 6.07. The van der Waals surface area contributed by atoms with Crippen LogP contribution in [0.2, 0.25) is 0 Å². The Morgan fingerprint density at radius 2 is 1.11 bits per heavy atom. The zero-order valence-corrected chi connectivity index (χ0v) is 25.9. The van der Waals surface area contributed by atoms with Crippen LogP contribution in [0.25, 0.3) is 11.1 Å². The molecule has 2 atom stereocenters. The van der Waals surface area contributed by atoms with Gasteiger partial charge in [0.15, 0.2) is 0 Å². The van der Waals surface area contributed by atoms with Gasteiger partial charge in [-0.15, -0.1) is 0 Å². The molecule has 232 valence electrons. The van der Waals surface area contributed by atoms with E-state index in [9.17, 15) is 14.4 Å². The second-order valence-corrected chi connectivity index (χ2v) is 11.3. The molecule has 3 amide bonds. The van der Waals surface area contributed by atoms with Gasteiger partial charge < -0.3 is 21.7 Å². The molecule has 7 nitrogen and oxygen atoms in total. The van der Waals surface area contributed by atoms with E-state index in [1.807, 2.05) is 117 Å². The van der Waals surface area contributed by atoms with Crippen molar-refractivity contribution >= 4 is 29.1 Å². The lowest BCUT2D eigenvalue weighted by atomic mass is 9.95. The van der Waals surface area contributed by atoms with E-state index in [1.165, 1.54) is 0 Å². The van der Waals surface area contributed by atoms with Gasteiger partial charge in [0.05, 0.1) is 23.5 Å². The summed E-state index contributed by atoms with van der Waals surface area (Å²) in [7, 11) is 0. The zero-order valence-electron chi connectivity index (χ0n) is 25.9. The minimum absolute atomic E-state index is 0.161. The summed E-state index contributed by atoms with van der Waals surface area (Å²) in [6.45, 7) is 3.79. The Morgan fingerprint density at radius 3 is 1.63 bits per heavy atom. The van der Waals surface area contributed by atoms with Crippen molar-refractivity contribution in [3.63, 3.8) is 0 Å². The van der Waals surface area contributed by atoms with E-state index in [0.717, 1.165) is 27.8 Å². The van der Waals surface area contributed by atoms with Gasteiger partial charge in [-0.25, -0.2) is 0 Å². The van der Waals surface area contributed by atoms with Crippen LogP contribution in [0, 0.1) is 5.92 Å². The quantitative estimate of drug-likeness (QED) is 0.0944. The maximum Gasteiger partial charge on any atom is 0.255 e. The molecule has 5 rings (SSSR count). The molecule has 0 aliphatic carbocycles. The van der Waals surface area contributed by atoms with Gasteiger partial charge in [0.2, 0.25) is 11.8 Å². The summed E-state index contributed by atoms with van der Waals surface area (Å²) in [6, 6.07) is 40.9. The molecule has 0 heterocycles. The van der Waals surface area contributed by atoms with Crippen molar-refractivity contribution in [1.29, 1.82) is 0 Å². The van der Waals surface area contributed by atoms with E-state index in [-0.39, 0.29) is 36.2 Å². The molecule has 5 aromatic carbocycles. The summed E-state index contributed by atoms with van der Waals surface area (Å²) in [4.78, 5) is 40.3. The maximum atomic E-state index is 13.6. The van der Waals surface area contributed by atoms with Crippen LogP contribution in [0.5, 0.6) is 0 Å². The third-order valence-corrected chi connectivity index (χ3v) is 8.04. The molecule has 0 aromatic heterocycles. The molecule has 46 heavy (non-hydrogen) atoms. The number of para-hydroxylation sites is 1. The molecule has 0 fully saturated rings. The molecular formula is C39H38N4O3. The van der Waals surface area contributed by atoms with Crippen LogP contribution in [0.1, 0.15) is 53.0 Å². The summed E-state index contributed by atoms with van der Waals surface area (Å²) in [5.74, 6) is -2.05. The number of hydrogen-bond donors (Lipinski definition) is 4. The fraction of sp³-hybridized carbons (Fsp3) is 0.154. The fourth-order valence-corrected chi connectivity index (χ4v) is 5.35. The predicted molar refractivity (Wildman–Crippen MR) is 184 cm³/mol. The lowest BCUT2D eigenvalue weighted by Crippen LogP contribution is -2.43. The first kappa shape index (κ1) is 31.7. The summed E-state index contributed by atoms with van der Waals surface area (Å²) >= 11 is 0. The Bertz CT molecular complexity index is 1720. The van der Waals surface area contributed by atoms with Gasteiger partial charge in [0.25, 0.3) is 5.91 Å². The summed E-state index contributed by atoms with van der Waals surface area (Å²) in [6.07, 6.45) is 0.161. The van der Waals surface area contributed by atoms with Gasteiger partial charge in [-0.05, 0) is 60.7 Å². The highest BCUT2D eigenvalue weighted by atomic mass is 16.2. The number of anilines is 2. The number of nitrogen functional groups attached to an aromatic ring is 1. The minimum Gasteiger partial charge on any atom is -0.397 e. The summed E-state index contributed by atoms with van der Waals surface area (Å²) in [5.41, 5.74) is 12.3. The van der Waals surface area contributed by atoms with Crippen molar-refractivity contribution in [2.75, 3.05) is 11.1 Å². The second-order valence-electron chi connectivity index (χ2n) is 11.3. The first-order valence-corrected chi connectivity index (χ1v) is 15.3. The highest BCUT2D eigenvalue weighted by Gasteiger charge is 2.29. The van der Waals surface area contributed by atoms with E-state index in [1.54, 1.807) is 30.3 Å². The topological polar surface area (TPSA) is 113 Å². The molecule has 7 heteroatoms. The van der Waals surface area contributed by atoms with Gasteiger partial charge in [-0.3, -0.25) is 14.4 Å². The van der Waals surface area contributed by atoms with E-state index in [4.69, 9.17) is 5.73 Å². The highest BCUT2D eigenvalue weighted by Crippen LogP contribution is 2.32. The van der Waals surface area contributed by atoms with Crippen molar-refractivity contribution < 1.29 is 14.4 Å². The molecule has 0 aliphatic heterocycles. The van der Waals surface area contributed by atoms with Crippen molar-refractivity contribution in [1.82, 2.24) is 10.6 Å². The van der Waals surface area contributed by atoms with Gasteiger partial charge in [-0.2, -0.15) is 0 Å². The normalized spacial score (nSPS) is 12.7. The van der Waals surface area contributed by atoms with Crippen LogP contribution >= 0.6 is 0 Å². The van der Waals surface area contributed by atoms with E-state index in [2.05, 4.69) is 16.0 Å². The molecule has 0 saturated heterocycles. The maximum absolute atomic E-state index is 13.6. The van der Waals surface area contributed by atoms with Crippen molar-refractivity contribution in [2.24, 2.45) is 5.92 Å². The number of nitrogens with two attached hydrogens (primary N) is 1. The zero-order chi connectivity index (χ0) is 32.5. The molecule has 0 bridgehead atoms. The second kappa shape index (κ2) is 14.9. The number of carbonyl (C=O) groups excluding carboxylic acids is 3. The standard InChI is InChI=1S/C39H38N4O3/c1-26(29-13-6-3-7-14-29)41-38(45)34(39(46)42-27(2)30-15-8-4-9-16-30)25-28-21-23-32(24-22-28)37(44)43-35-20-12-19-33(36(35)40)31-17-10-5-11-18-31/h3-24,26-27,34H,25,40H2,1-2H3,(H,41,45)(H,42,46)(H,43,44). The Morgan fingerprint density at radius 1 is 0.609 bits per heavy atom. The largest absolute Gasteiger partial charge is 0.397 e. The monoisotopic (exact) mass is 610 g/mol. The molecule has 0 saturated carbocycles. The Balaban J connectivity index is 1.31. The lowest BCUT2D eigenvalue weighted by molar-refractivity contribution is -0.136. The third kappa shape index (κ3) is 7.87. The number of rotatable bonds is 11. The molecule has 0 radical (unpaired) electrons. The van der Waals surface area contributed by atoms with Crippen molar-refractivity contribution in [2.45, 2.75) is 32.4 Å². The molecule has 0 spiro atoms. The number of amides is 3. The van der Waals surface area contributed by atoms with Gasteiger partial charge in [-0.1, -0.05) is 115 Å². The Hall–Kier alpha value is -5.69. The summed E-state index contributed by atoms with van der Waals surface area (Å²) in [5, 5.41) is 8.94. The van der Waals surface area contributed by atoms with E-state index in [0.29, 0.717) is 16.9 Å². The lowest BCUT2D eigenvalue weighted by Gasteiger charge is -2.23. The number of carbonyl (C=O) groups is 3. The molecule has 5 aromatic rings. The number of nitrogens with one attached hydrogen (secondary N) is 3. The summed E-state index contributed by atoms with van der Waals surface area (Å²) < 4.78 is 0. The molecule has 0 aliphatic rings. The van der Waals surface area contributed by atoms with Crippen LogP contribution in [-0.2, 0) is 16.0 Å².